The summed E-state index contributed by atoms with van der Waals surface area (Å²) >= 11 is 1.33. The van der Waals surface area contributed by atoms with Gasteiger partial charge in [0.25, 0.3) is 5.91 Å². The van der Waals surface area contributed by atoms with Crippen LogP contribution in [0.25, 0.3) is 10.2 Å². The largest absolute Gasteiger partial charge is 0.494 e. The van der Waals surface area contributed by atoms with Gasteiger partial charge >= 0.3 is 0 Å². The van der Waals surface area contributed by atoms with E-state index in [1.54, 1.807) is 7.11 Å². The molecule has 0 saturated carbocycles. The molecule has 0 spiro atoms. The van der Waals surface area contributed by atoms with Gasteiger partial charge in [0.2, 0.25) is 0 Å². The summed E-state index contributed by atoms with van der Waals surface area (Å²) in [6.45, 7) is 3.12. The first kappa shape index (κ1) is 18.6. The summed E-state index contributed by atoms with van der Waals surface area (Å²) in [7, 11) is 1.59. The van der Waals surface area contributed by atoms with Crippen molar-refractivity contribution in [2.24, 2.45) is 0 Å². The molecule has 9 heteroatoms. The van der Waals surface area contributed by atoms with Crippen LogP contribution >= 0.6 is 11.3 Å². The van der Waals surface area contributed by atoms with Crippen LogP contribution in [0.2, 0.25) is 0 Å². The quantitative estimate of drug-likeness (QED) is 0.707. The number of hydrogen-bond acceptors (Lipinski definition) is 7. The number of methoxy groups -OCH3 is 1. The fourth-order valence-electron chi connectivity index (χ4n) is 3.04. The molecular formula is C19H19FN4O3S. The average Bonchev–Trinajstić information content (AvgIpc) is 3.18. The Balaban J connectivity index is 1.60. The third-order valence-corrected chi connectivity index (χ3v) is 5.55. The minimum absolute atomic E-state index is 0.197. The Morgan fingerprint density at radius 3 is 2.86 bits per heavy atom. The van der Waals surface area contributed by atoms with Crippen LogP contribution in [0.3, 0.4) is 0 Å². The first-order chi connectivity index (χ1) is 13.7. The highest BCUT2D eigenvalue weighted by molar-refractivity contribution is 7.21. The fourth-order valence-corrected chi connectivity index (χ4v) is 4.08. The molecule has 1 fully saturated rings. The van der Waals surface area contributed by atoms with Crippen LogP contribution in [0.1, 0.15) is 15.5 Å². The van der Waals surface area contributed by atoms with Gasteiger partial charge in [-0.15, -0.1) is 11.3 Å². The van der Waals surface area contributed by atoms with Gasteiger partial charge in [-0.3, -0.25) is 9.78 Å². The van der Waals surface area contributed by atoms with Crippen molar-refractivity contribution in [3.63, 3.8) is 0 Å². The number of halogens is 1. The Morgan fingerprint density at radius 1 is 1.32 bits per heavy atom. The Bertz CT molecular complexity index is 987. The van der Waals surface area contributed by atoms with Gasteiger partial charge < -0.3 is 19.7 Å². The van der Waals surface area contributed by atoms with Crippen molar-refractivity contribution in [3.8, 4) is 5.75 Å². The number of hydrogen-bond donors (Lipinski definition) is 1. The van der Waals surface area contributed by atoms with Gasteiger partial charge in [-0.1, -0.05) is 0 Å². The van der Waals surface area contributed by atoms with E-state index in [0.717, 1.165) is 29.7 Å². The van der Waals surface area contributed by atoms with Gasteiger partial charge in [0.15, 0.2) is 5.01 Å². The molecule has 0 unspecified atom stereocenters. The highest BCUT2D eigenvalue weighted by Crippen LogP contribution is 2.37. The normalized spacial score (nSPS) is 14.3. The maximum Gasteiger partial charge on any atom is 0.280 e. The van der Waals surface area contributed by atoms with E-state index in [-0.39, 0.29) is 12.5 Å². The summed E-state index contributed by atoms with van der Waals surface area (Å²) in [4.78, 5) is 23.3. The summed E-state index contributed by atoms with van der Waals surface area (Å²) in [5.41, 5.74) is 2.26. The molecule has 1 aromatic carbocycles. The third-order valence-electron chi connectivity index (χ3n) is 4.47. The van der Waals surface area contributed by atoms with Crippen molar-refractivity contribution < 1.29 is 18.7 Å². The number of nitrogens with zero attached hydrogens (tertiary/aromatic N) is 3. The van der Waals surface area contributed by atoms with E-state index >= 15 is 0 Å². The molecule has 1 N–H and O–H groups in total. The molecule has 1 saturated heterocycles. The van der Waals surface area contributed by atoms with Crippen molar-refractivity contribution >= 4 is 33.1 Å². The van der Waals surface area contributed by atoms with Crippen molar-refractivity contribution in [2.75, 3.05) is 38.3 Å². The summed E-state index contributed by atoms with van der Waals surface area (Å²) in [5.74, 6) is -0.0891. The second kappa shape index (κ2) is 8.07. The minimum atomic E-state index is -0.413. The topological polar surface area (TPSA) is 76.6 Å². The Morgan fingerprint density at radius 2 is 2.14 bits per heavy atom. The van der Waals surface area contributed by atoms with Crippen molar-refractivity contribution in [2.45, 2.75) is 6.54 Å². The maximum atomic E-state index is 12.9. The molecule has 146 valence electrons. The zero-order valence-electron chi connectivity index (χ0n) is 15.3. The molecule has 28 heavy (non-hydrogen) atoms. The predicted molar refractivity (Wildman–Crippen MR) is 105 cm³/mol. The number of rotatable bonds is 5. The molecule has 0 radical (unpaired) electrons. The minimum Gasteiger partial charge on any atom is -0.494 e. The van der Waals surface area contributed by atoms with Gasteiger partial charge in [0, 0.05) is 13.1 Å². The summed E-state index contributed by atoms with van der Waals surface area (Å²) < 4.78 is 24.7. The van der Waals surface area contributed by atoms with Crippen LogP contribution in [0.4, 0.5) is 10.1 Å². The monoisotopic (exact) mass is 402 g/mol. The number of benzene rings is 1. The number of carbonyl (C=O) groups excluding carboxylic acids is 1. The predicted octanol–water partition coefficient (Wildman–Crippen LogP) is 2.61. The van der Waals surface area contributed by atoms with Crippen LogP contribution in [-0.4, -0.2) is 49.3 Å². The Hall–Kier alpha value is -2.78. The first-order valence-corrected chi connectivity index (χ1v) is 9.66. The molecule has 3 heterocycles. The van der Waals surface area contributed by atoms with Gasteiger partial charge in [0.05, 0.1) is 49.1 Å². The van der Waals surface area contributed by atoms with Gasteiger partial charge in [-0.05, 0) is 24.3 Å². The number of morpholine rings is 1. The summed E-state index contributed by atoms with van der Waals surface area (Å²) in [5, 5.41) is 3.13. The summed E-state index contributed by atoms with van der Waals surface area (Å²) in [6, 6.07) is 6.71. The second-order valence-corrected chi connectivity index (χ2v) is 7.23. The lowest BCUT2D eigenvalue weighted by molar-refractivity contribution is 0.0950. The SMILES string of the molecule is COc1ccc(N2CCOCC2)c2sc(C(=O)NCc3ccc(F)cn3)nc12. The molecular weight excluding hydrogens is 383 g/mol. The van der Waals surface area contributed by atoms with Crippen LogP contribution in [-0.2, 0) is 11.3 Å². The fraction of sp³-hybridized carbons (Fsp3) is 0.316. The zero-order chi connectivity index (χ0) is 19.5. The lowest BCUT2D eigenvalue weighted by atomic mass is 10.2. The molecule has 1 aliphatic rings. The molecule has 1 aliphatic heterocycles. The third kappa shape index (κ3) is 3.76. The summed E-state index contributed by atoms with van der Waals surface area (Å²) in [6.07, 6.45) is 1.12. The number of aromatic nitrogens is 2. The molecule has 1 amide bonds. The molecule has 7 nitrogen and oxygen atoms in total. The number of pyridine rings is 1. The Labute approximate surface area is 165 Å². The number of carbonyl (C=O) groups is 1. The first-order valence-electron chi connectivity index (χ1n) is 8.84. The number of fused-ring (bicyclic) bond motifs is 1. The Kier molecular flexibility index (Phi) is 5.36. The smallest absolute Gasteiger partial charge is 0.280 e. The highest BCUT2D eigenvalue weighted by atomic mass is 32.1. The molecule has 0 atom stereocenters. The maximum absolute atomic E-state index is 12.9. The molecule has 2 aromatic heterocycles. The van der Waals surface area contributed by atoms with Crippen molar-refractivity contribution in [1.82, 2.24) is 15.3 Å². The highest BCUT2D eigenvalue weighted by Gasteiger charge is 2.21. The van der Waals surface area contributed by atoms with Gasteiger partial charge in [-0.25, -0.2) is 9.37 Å². The van der Waals surface area contributed by atoms with Gasteiger partial charge in [0.1, 0.15) is 17.1 Å². The number of amides is 1. The second-order valence-electron chi connectivity index (χ2n) is 6.23. The van der Waals surface area contributed by atoms with E-state index in [0.29, 0.717) is 35.2 Å². The number of anilines is 1. The van der Waals surface area contributed by atoms with Gasteiger partial charge in [-0.2, -0.15) is 0 Å². The standard InChI is InChI=1S/C19H19FN4O3S/c1-26-15-5-4-14(24-6-8-27-9-7-24)17-16(15)23-19(28-17)18(25)22-11-13-3-2-12(20)10-21-13/h2-5,10H,6-9,11H2,1H3,(H,22,25). The van der Waals surface area contributed by atoms with Crippen molar-refractivity contribution in [3.05, 3.63) is 47.0 Å². The molecule has 4 rings (SSSR count). The average molecular weight is 402 g/mol. The van der Waals surface area contributed by atoms with Crippen LogP contribution in [0, 0.1) is 5.82 Å². The lowest BCUT2D eigenvalue weighted by Gasteiger charge is -2.29. The van der Waals surface area contributed by atoms with E-state index in [2.05, 4.69) is 20.2 Å². The number of thiazole rings is 1. The van der Waals surface area contributed by atoms with Crippen LogP contribution in [0.15, 0.2) is 30.5 Å². The number of nitrogens with one attached hydrogen (secondary N) is 1. The zero-order valence-corrected chi connectivity index (χ0v) is 16.1. The van der Waals surface area contributed by atoms with Crippen LogP contribution < -0.4 is 15.0 Å². The van der Waals surface area contributed by atoms with Crippen molar-refractivity contribution in [1.29, 1.82) is 0 Å². The van der Waals surface area contributed by atoms with E-state index < -0.39 is 5.82 Å². The molecule has 0 aliphatic carbocycles. The molecule has 0 bridgehead atoms. The number of ether oxygens (including phenoxy) is 2. The van der Waals surface area contributed by atoms with Crippen LogP contribution in [0.5, 0.6) is 5.75 Å². The lowest BCUT2D eigenvalue weighted by Crippen LogP contribution is -2.36. The van der Waals surface area contributed by atoms with E-state index in [4.69, 9.17) is 9.47 Å². The molecule has 3 aromatic rings. The van der Waals surface area contributed by atoms with E-state index in [1.165, 1.54) is 23.5 Å². The van der Waals surface area contributed by atoms with E-state index in [9.17, 15) is 9.18 Å². The van der Waals surface area contributed by atoms with E-state index in [1.807, 2.05) is 12.1 Å².